The number of hydrogen-bond acceptors (Lipinski definition) is 3. The summed E-state index contributed by atoms with van der Waals surface area (Å²) in [5.41, 5.74) is 7.85. The first kappa shape index (κ1) is 10.7. The Hall–Kier alpha value is -1.81. The van der Waals surface area contributed by atoms with Crippen LogP contribution in [0.4, 0.5) is 0 Å². The third-order valence-electron chi connectivity index (χ3n) is 2.60. The minimum absolute atomic E-state index is 0.379. The number of fused-ring (bicyclic) bond motifs is 1. The molecule has 0 aromatic carbocycles. The van der Waals surface area contributed by atoms with E-state index in [2.05, 4.69) is 4.74 Å². The Morgan fingerprint density at radius 2 is 2.25 bits per heavy atom. The van der Waals surface area contributed by atoms with Crippen LogP contribution in [0, 0.1) is 0 Å². The van der Waals surface area contributed by atoms with Gasteiger partial charge in [-0.2, -0.15) is 0 Å². The average Bonchev–Trinajstić information content (AvgIpc) is 2.72. The molecule has 0 aliphatic carbocycles. The van der Waals surface area contributed by atoms with E-state index in [1.807, 2.05) is 41.1 Å². The van der Waals surface area contributed by atoms with Crippen LogP contribution in [0.5, 0.6) is 0 Å². The molecule has 84 valence electrons. The van der Waals surface area contributed by atoms with E-state index in [-0.39, 0.29) is 5.97 Å². The van der Waals surface area contributed by atoms with Crippen LogP contribution < -0.4 is 5.73 Å². The number of esters is 1. The molecule has 1 unspecified atom stereocenters. The zero-order valence-electron chi connectivity index (χ0n) is 9.09. The second-order valence-corrected chi connectivity index (χ2v) is 3.67. The van der Waals surface area contributed by atoms with E-state index in [1.54, 1.807) is 0 Å². The smallest absolute Gasteiger partial charge is 0.322 e. The maximum Gasteiger partial charge on any atom is 0.322 e. The molecule has 4 heteroatoms. The molecule has 0 radical (unpaired) electrons. The number of ether oxygens (including phenoxy) is 1. The fourth-order valence-corrected chi connectivity index (χ4v) is 1.76. The summed E-state index contributed by atoms with van der Waals surface area (Å²) in [5.74, 6) is -0.379. The topological polar surface area (TPSA) is 56.7 Å². The Kier molecular flexibility index (Phi) is 2.92. The third-order valence-corrected chi connectivity index (χ3v) is 2.60. The molecular weight excluding hydrogens is 204 g/mol. The van der Waals surface area contributed by atoms with Crippen LogP contribution in [0.2, 0.25) is 0 Å². The highest BCUT2D eigenvalue weighted by atomic mass is 16.5. The van der Waals surface area contributed by atoms with Crippen molar-refractivity contribution in [1.29, 1.82) is 0 Å². The van der Waals surface area contributed by atoms with Crippen molar-refractivity contribution in [1.82, 2.24) is 4.40 Å². The van der Waals surface area contributed by atoms with Gasteiger partial charge in [-0.25, -0.2) is 0 Å². The van der Waals surface area contributed by atoms with Crippen molar-refractivity contribution in [2.75, 3.05) is 7.11 Å². The van der Waals surface area contributed by atoms with Crippen LogP contribution in [0.15, 0.2) is 36.7 Å². The van der Waals surface area contributed by atoms with E-state index < -0.39 is 6.04 Å². The highest BCUT2D eigenvalue weighted by Crippen LogP contribution is 2.14. The zero-order chi connectivity index (χ0) is 11.5. The normalized spacial score (nSPS) is 12.6. The Balaban J connectivity index is 2.24. The lowest BCUT2D eigenvalue weighted by molar-refractivity contribution is -0.142. The van der Waals surface area contributed by atoms with Gasteiger partial charge in [-0.15, -0.1) is 0 Å². The van der Waals surface area contributed by atoms with Gasteiger partial charge in [0.25, 0.3) is 0 Å². The first-order valence-electron chi connectivity index (χ1n) is 5.10. The quantitative estimate of drug-likeness (QED) is 0.781. The molecule has 0 amide bonds. The standard InChI is InChI=1S/C12H14N2O2/c1-16-12(15)10(13)8-9-5-7-14-6-3-2-4-11(9)14/h2-7,10H,8,13H2,1H3. The predicted octanol–water partition coefficient (Wildman–Crippen LogP) is 0.982. The van der Waals surface area contributed by atoms with Gasteiger partial charge in [0, 0.05) is 24.3 Å². The molecule has 0 saturated carbocycles. The Bertz CT molecular complexity index is 504. The maximum absolute atomic E-state index is 11.2. The molecule has 0 aliphatic rings. The lowest BCUT2D eigenvalue weighted by Gasteiger charge is -2.08. The van der Waals surface area contributed by atoms with Gasteiger partial charge in [0.05, 0.1) is 7.11 Å². The Morgan fingerprint density at radius 1 is 1.44 bits per heavy atom. The maximum atomic E-state index is 11.2. The van der Waals surface area contributed by atoms with Gasteiger partial charge in [-0.05, 0) is 23.8 Å². The summed E-state index contributed by atoms with van der Waals surface area (Å²) in [5, 5.41) is 0. The zero-order valence-corrected chi connectivity index (χ0v) is 9.09. The van der Waals surface area contributed by atoms with Crippen LogP contribution in [-0.2, 0) is 16.0 Å². The average molecular weight is 218 g/mol. The number of methoxy groups -OCH3 is 1. The first-order valence-corrected chi connectivity index (χ1v) is 5.10. The number of carbonyl (C=O) groups is 1. The molecule has 0 spiro atoms. The van der Waals surface area contributed by atoms with Crippen LogP contribution in [0.1, 0.15) is 5.56 Å². The largest absolute Gasteiger partial charge is 0.468 e. The summed E-state index contributed by atoms with van der Waals surface area (Å²) in [7, 11) is 1.35. The van der Waals surface area contributed by atoms with E-state index in [0.717, 1.165) is 11.1 Å². The Labute approximate surface area is 93.6 Å². The number of hydrogen-bond donors (Lipinski definition) is 1. The minimum Gasteiger partial charge on any atom is -0.468 e. The summed E-state index contributed by atoms with van der Waals surface area (Å²) in [6.45, 7) is 0. The fourth-order valence-electron chi connectivity index (χ4n) is 1.76. The summed E-state index contributed by atoms with van der Waals surface area (Å²) in [6.07, 6.45) is 4.41. The van der Waals surface area contributed by atoms with Crippen molar-refractivity contribution in [2.24, 2.45) is 5.73 Å². The SMILES string of the molecule is COC(=O)C(N)Cc1ccn2ccccc12. The molecule has 1 atom stereocenters. The van der Waals surface area contributed by atoms with E-state index >= 15 is 0 Å². The monoisotopic (exact) mass is 218 g/mol. The van der Waals surface area contributed by atoms with Crippen molar-refractivity contribution >= 4 is 11.5 Å². The number of rotatable bonds is 3. The number of aromatic nitrogens is 1. The predicted molar refractivity (Wildman–Crippen MR) is 61.1 cm³/mol. The lowest BCUT2D eigenvalue weighted by Crippen LogP contribution is -2.33. The lowest BCUT2D eigenvalue weighted by atomic mass is 10.1. The van der Waals surface area contributed by atoms with Crippen LogP contribution in [0.25, 0.3) is 5.52 Å². The van der Waals surface area contributed by atoms with Crippen molar-refractivity contribution < 1.29 is 9.53 Å². The molecule has 2 rings (SSSR count). The number of pyridine rings is 1. The van der Waals surface area contributed by atoms with Gasteiger partial charge < -0.3 is 14.9 Å². The van der Waals surface area contributed by atoms with E-state index in [9.17, 15) is 4.79 Å². The molecular formula is C12H14N2O2. The number of nitrogens with two attached hydrogens (primary N) is 1. The van der Waals surface area contributed by atoms with Crippen LogP contribution in [0.3, 0.4) is 0 Å². The molecule has 0 saturated heterocycles. The molecule has 2 aromatic heterocycles. The van der Waals surface area contributed by atoms with Crippen molar-refractivity contribution in [2.45, 2.75) is 12.5 Å². The molecule has 4 nitrogen and oxygen atoms in total. The minimum atomic E-state index is -0.601. The number of carbonyl (C=O) groups excluding carboxylic acids is 1. The molecule has 0 aliphatic heterocycles. The molecule has 2 N–H and O–H groups in total. The molecule has 16 heavy (non-hydrogen) atoms. The summed E-state index contributed by atoms with van der Waals surface area (Å²) in [6, 6.07) is 7.29. The molecule has 2 heterocycles. The molecule has 2 aromatic rings. The number of nitrogens with zero attached hydrogens (tertiary/aromatic N) is 1. The van der Waals surface area contributed by atoms with Crippen LogP contribution in [-0.4, -0.2) is 23.5 Å². The van der Waals surface area contributed by atoms with Gasteiger partial charge >= 0.3 is 5.97 Å². The van der Waals surface area contributed by atoms with E-state index in [0.29, 0.717) is 6.42 Å². The molecule has 0 fully saturated rings. The highest BCUT2D eigenvalue weighted by molar-refractivity contribution is 5.76. The van der Waals surface area contributed by atoms with Crippen molar-refractivity contribution in [3.05, 3.63) is 42.2 Å². The van der Waals surface area contributed by atoms with Crippen LogP contribution >= 0.6 is 0 Å². The first-order chi connectivity index (χ1) is 7.72. The van der Waals surface area contributed by atoms with Gasteiger partial charge in [0.1, 0.15) is 6.04 Å². The highest BCUT2D eigenvalue weighted by Gasteiger charge is 2.15. The van der Waals surface area contributed by atoms with Gasteiger partial charge in [-0.3, -0.25) is 4.79 Å². The van der Waals surface area contributed by atoms with E-state index in [1.165, 1.54) is 7.11 Å². The van der Waals surface area contributed by atoms with Gasteiger partial charge in [-0.1, -0.05) is 6.07 Å². The van der Waals surface area contributed by atoms with Crippen molar-refractivity contribution in [3.63, 3.8) is 0 Å². The second-order valence-electron chi connectivity index (χ2n) is 3.67. The summed E-state index contributed by atoms with van der Waals surface area (Å²) < 4.78 is 6.60. The van der Waals surface area contributed by atoms with Gasteiger partial charge in [0.15, 0.2) is 0 Å². The summed E-state index contributed by atoms with van der Waals surface area (Å²) in [4.78, 5) is 11.2. The molecule has 0 bridgehead atoms. The Morgan fingerprint density at radius 3 is 3.00 bits per heavy atom. The van der Waals surface area contributed by atoms with Crippen molar-refractivity contribution in [3.8, 4) is 0 Å². The van der Waals surface area contributed by atoms with Gasteiger partial charge in [0.2, 0.25) is 0 Å². The second kappa shape index (κ2) is 4.37. The van der Waals surface area contributed by atoms with E-state index in [4.69, 9.17) is 5.73 Å². The fraction of sp³-hybridized carbons (Fsp3) is 0.250. The summed E-state index contributed by atoms with van der Waals surface area (Å²) >= 11 is 0. The third kappa shape index (κ3) is 1.92.